The highest BCUT2D eigenvalue weighted by atomic mass is 32.1. The Kier molecular flexibility index (Phi) is 4.17. The molecule has 0 spiro atoms. The van der Waals surface area contributed by atoms with Gasteiger partial charge in [-0.1, -0.05) is 48.6 Å². The van der Waals surface area contributed by atoms with Crippen molar-refractivity contribution in [3.63, 3.8) is 0 Å². The fourth-order valence-corrected chi connectivity index (χ4v) is 2.92. The third kappa shape index (κ3) is 3.00. The van der Waals surface area contributed by atoms with Crippen molar-refractivity contribution in [1.29, 1.82) is 0 Å². The lowest BCUT2D eigenvalue weighted by Gasteiger charge is -2.10. The molecule has 0 amide bonds. The van der Waals surface area contributed by atoms with E-state index in [0.29, 0.717) is 23.1 Å². The zero-order chi connectivity index (χ0) is 15.5. The largest absolute Gasteiger partial charge is 0.387 e. The maximum Gasteiger partial charge on any atom is 0.275 e. The summed E-state index contributed by atoms with van der Waals surface area (Å²) in [5.74, 6) is 0. The number of fused-ring (bicyclic) bond motifs is 1. The average Bonchev–Trinajstić information content (AvgIpc) is 2.97. The van der Waals surface area contributed by atoms with Gasteiger partial charge in [-0.2, -0.15) is 4.52 Å². The molecule has 2 heterocycles. The minimum Gasteiger partial charge on any atom is -0.387 e. The molecule has 0 aliphatic heterocycles. The molecule has 7 heteroatoms. The molecule has 1 aromatic carbocycles. The normalized spacial score (nSPS) is 12.5. The first-order valence-corrected chi connectivity index (χ1v) is 7.85. The maximum absolute atomic E-state index is 11.9. The van der Waals surface area contributed by atoms with Crippen LogP contribution in [0.3, 0.4) is 0 Å². The smallest absolute Gasteiger partial charge is 0.275 e. The van der Waals surface area contributed by atoms with Gasteiger partial charge in [-0.25, -0.2) is 4.98 Å². The lowest BCUT2D eigenvalue weighted by atomic mass is 10.1. The third-order valence-corrected chi connectivity index (χ3v) is 4.16. The number of nitrogens with zero attached hydrogens (tertiary/aromatic N) is 3. The summed E-state index contributed by atoms with van der Waals surface area (Å²) >= 11 is 1.30. The Labute approximate surface area is 131 Å². The standard InChI is InChI=1S/C15H16N4O2S/c1-2-11-8-13(21)19-15(17-11)22-14(18-19)16-9-12(20)10-6-4-3-5-7-10/h3-8,12,20H,2,9H2,1H3,(H,16,18). The topological polar surface area (TPSA) is 79.5 Å². The molecule has 114 valence electrons. The number of aliphatic hydroxyl groups excluding tert-OH is 1. The Hall–Kier alpha value is -2.25. The van der Waals surface area contributed by atoms with Gasteiger partial charge in [0.05, 0.1) is 6.10 Å². The number of anilines is 1. The van der Waals surface area contributed by atoms with Gasteiger partial charge in [0.1, 0.15) is 0 Å². The Morgan fingerprint density at radius 2 is 2.14 bits per heavy atom. The fraction of sp³-hybridized carbons (Fsp3) is 0.267. The molecule has 0 bridgehead atoms. The molecule has 1 unspecified atom stereocenters. The van der Waals surface area contributed by atoms with Crippen molar-refractivity contribution in [2.75, 3.05) is 11.9 Å². The van der Waals surface area contributed by atoms with Gasteiger partial charge in [-0.05, 0) is 12.0 Å². The summed E-state index contributed by atoms with van der Waals surface area (Å²) in [5.41, 5.74) is 1.40. The Bertz CT molecular complexity index is 828. The van der Waals surface area contributed by atoms with Gasteiger partial charge < -0.3 is 10.4 Å². The van der Waals surface area contributed by atoms with Crippen LogP contribution >= 0.6 is 11.3 Å². The summed E-state index contributed by atoms with van der Waals surface area (Å²) in [6.45, 7) is 2.27. The van der Waals surface area contributed by atoms with Crippen molar-refractivity contribution in [2.24, 2.45) is 0 Å². The van der Waals surface area contributed by atoms with E-state index in [1.54, 1.807) is 0 Å². The highest BCUT2D eigenvalue weighted by Crippen LogP contribution is 2.19. The number of nitrogens with one attached hydrogen (secondary N) is 1. The van der Waals surface area contributed by atoms with E-state index in [2.05, 4.69) is 15.4 Å². The minimum absolute atomic E-state index is 0.185. The number of hydrogen-bond donors (Lipinski definition) is 2. The van der Waals surface area contributed by atoms with Crippen LogP contribution in [0.4, 0.5) is 5.13 Å². The van der Waals surface area contributed by atoms with Crippen molar-refractivity contribution in [2.45, 2.75) is 19.4 Å². The molecule has 0 aliphatic carbocycles. The maximum atomic E-state index is 11.9. The molecule has 0 radical (unpaired) electrons. The Morgan fingerprint density at radius 1 is 1.36 bits per heavy atom. The number of aryl methyl sites for hydroxylation is 1. The van der Waals surface area contributed by atoms with Crippen LogP contribution in [0.2, 0.25) is 0 Å². The Balaban J connectivity index is 1.77. The van der Waals surface area contributed by atoms with E-state index in [1.165, 1.54) is 21.9 Å². The van der Waals surface area contributed by atoms with Crippen molar-refractivity contribution in [3.8, 4) is 0 Å². The number of hydrogen-bond acceptors (Lipinski definition) is 6. The van der Waals surface area contributed by atoms with Gasteiger partial charge in [-0.3, -0.25) is 4.79 Å². The van der Waals surface area contributed by atoms with E-state index in [-0.39, 0.29) is 5.56 Å². The lowest BCUT2D eigenvalue weighted by Crippen LogP contribution is -2.16. The first-order chi connectivity index (χ1) is 10.7. The molecule has 22 heavy (non-hydrogen) atoms. The molecule has 0 saturated heterocycles. The molecule has 0 aliphatic rings. The van der Waals surface area contributed by atoms with E-state index in [1.807, 2.05) is 37.3 Å². The minimum atomic E-state index is -0.635. The van der Waals surface area contributed by atoms with Crippen LogP contribution in [0.25, 0.3) is 4.96 Å². The van der Waals surface area contributed by atoms with E-state index >= 15 is 0 Å². The quantitative estimate of drug-likeness (QED) is 0.751. The summed E-state index contributed by atoms with van der Waals surface area (Å²) < 4.78 is 1.28. The molecular formula is C15H16N4O2S. The van der Waals surface area contributed by atoms with Crippen LogP contribution in [0, 0.1) is 0 Å². The van der Waals surface area contributed by atoms with Gasteiger partial charge in [0.25, 0.3) is 5.56 Å². The highest BCUT2D eigenvalue weighted by molar-refractivity contribution is 7.20. The van der Waals surface area contributed by atoms with Crippen LogP contribution in [-0.2, 0) is 6.42 Å². The van der Waals surface area contributed by atoms with Crippen molar-refractivity contribution >= 4 is 21.4 Å². The predicted octanol–water partition coefficient (Wildman–Crippen LogP) is 1.86. The van der Waals surface area contributed by atoms with E-state index < -0.39 is 6.10 Å². The SMILES string of the molecule is CCc1cc(=O)n2nc(NCC(O)c3ccccc3)sc2n1. The second kappa shape index (κ2) is 6.25. The van der Waals surface area contributed by atoms with Crippen LogP contribution in [-0.4, -0.2) is 26.2 Å². The summed E-state index contributed by atoms with van der Waals surface area (Å²) in [5, 5.41) is 17.9. The van der Waals surface area contributed by atoms with Gasteiger partial charge in [0, 0.05) is 18.3 Å². The number of aromatic nitrogens is 3. The van der Waals surface area contributed by atoms with Crippen LogP contribution in [0.5, 0.6) is 0 Å². The number of benzene rings is 1. The molecule has 3 aromatic rings. The van der Waals surface area contributed by atoms with Crippen LogP contribution in [0.15, 0.2) is 41.2 Å². The average molecular weight is 316 g/mol. The van der Waals surface area contributed by atoms with E-state index in [0.717, 1.165) is 11.3 Å². The van der Waals surface area contributed by atoms with Crippen molar-refractivity contribution in [1.82, 2.24) is 14.6 Å². The molecule has 0 fully saturated rings. The van der Waals surface area contributed by atoms with E-state index in [9.17, 15) is 9.90 Å². The zero-order valence-electron chi connectivity index (χ0n) is 12.1. The summed E-state index contributed by atoms with van der Waals surface area (Å²) in [6, 6.07) is 10.9. The molecule has 1 atom stereocenters. The van der Waals surface area contributed by atoms with E-state index in [4.69, 9.17) is 0 Å². The van der Waals surface area contributed by atoms with Gasteiger partial charge in [-0.15, -0.1) is 5.10 Å². The monoisotopic (exact) mass is 316 g/mol. The fourth-order valence-electron chi connectivity index (χ4n) is 2.09. The first kappa shape index (κ1) is 14.7. The molecule has 2 aromatic heterocycles. The molecule has 6 nitrogen and oxygen atoms in total. The summed E-state index contributed by atoms with van der Waals surface area (Å²) in [7, 11) is 0. The molecule has 3 rings (SSSR count). The lowest BCUT2D eigenvalue weighted by molar-refractivity contribution is 0.191. The molecular weight excluding hydrogens is 300 g/mol. The van der Waals surface area contributed by atoms with Gasteiger partial charge in [0.2, 0.25) is 10.1 Å². The third-order valence-electron chi connectivity index (χ3n) is 3.29. The second-order valence-corrected chi connectivity index (χ2v) is 5.80. The van der Waals surface area contributed by atoms with Crippen LogP contribution < -0.4 is 10.9 Å². The van der Waals surface area contributed by atoms with Crippen molar-refractivity contribution in [3.05, 3.63) is 58.0 Å². The summed E-state index contributed by atoms with van der Waals surface area (Å²) in [6.07, 6.45) is 0.0724. The zero-order valence-corrected chi connectivity index (χ0v) is 12.9. The molecule has 0 saturated carbocycles. The Morgan fingerprint density at radius 3 is 2.86 bits per heavy atom. The predicted molar refractivity (Wildman–Crippen MR) is 86.4 cm³/mol. The molecule has 2 N–H and O–H groups in total. The van der Waals surface area contributed by atoms with Crippen molar-refractivity contribution < 1.29 is 5.11 Å². The van der Waals surface area contributed by atoms with Gasteiger partial charge in [0.15, 0.2) is 0 Å². The second-order valence-electron chi connectivity index (χ2n) is 4.85. The highest BCUT2D eigenvalue weighted by Gasteiger charge is 2.11. The van der Waals surface area contributed by atoms with Crippen LogP contribution in [0.1, 0.15) is 24.3 Å². The number of aliphatic hydroxyl groups is 1. The number of rotatable bonds is 5. The van der Waals surface area contributed by atoms with Gasteiger partial charge >= 0.3 is 0 Å². The first-order valence-electron chi connectivity index (χ1n) is 7.04. The summed E-state index contributed by atoms with van der Waals surface area (Å²) in [4.78, 5) is 16.9.